The number of likely N-dealkylation sites (tertiary alicyclic amines) is 1. The molecule has 1 amide bonds. The standard InChI is InChI=1S/C14H17ClN2O2/c1-9(15)14(19)16-6-10-5-11(8-16)12-3-2-4-13(18)17(12)7-10/h2-4,9-11H,5-8H2,1H3/t9?,10-,11+/m0/s1. The van der Waals surface area contributed by atoms with Crippen LogP contribution in [-0.2, 0) is 11.3 Å². The quantitative estimate of drug-likeness (QED) is 0.730. The van der Waals surface area contributed by atoms with Gasteiger partial charge < -0.3 is 9.47 Å². The molecule has 2 aliphatic heterocycles. The van der Waals surface area contributed by atoms with Crippen LogP contribution in [0, 0.1) is 5.92 Å². The fourth-order valence-corrected chi connectivity index (χ4v) is 3.47. The normalized spacial score (nSPS) is 26.7. The number of pyridine rings is 1. The van der Waals surface area contributed by atoms with Crippen molar-refractivity contribution >= 4 is 17.5 Å². The number of carbonyl (C=O) groups excluding carboxylic acids is 1. The third kappa shape index (κ3) is 2.18. The predicted molar refractivity (Wildman–Crippen MR) is 73.4 cm³/mol. The van der Waals surface area contributed by atoms with Crippen molar-refractivity contribution in [2.75, 3.05) is 13.1 Å². The van der Waals surface area contributed by atoms with Crippen LogP contribution in [0.2, 0.25) is 0 Å². The number of hydrogen-bond donors (Lipinski definition) is 0. The molecule has 4 nitrogen and oxygen atoms in total. The number of amides is 1. The lowest BCUT2D eigenvalue weighted by atomic mass is 9.83. The SMILES string of the molecule is CC(Cl)C(=O)N1C[C@@H]2C[C@H](C1)c1cccc(=O)n1C2. The molecule has 102 valence electrons. The predicted octanol–water partition coefficient (Wildman–Crippen LogP) is 1.42. The summed E-state index contributed by atoms with van der Waals surface area (Å²) in [4.78, 5) is 25.8. The van der Waals surface area contributed by atoms with Gasteiger partial charge in [-0.05, 0) is 25.3 Å². The lowest BCUT2D eigenvalue weighted by molar-refractivity contribution is -0.133. The van der Waals surface area contributed by atoms with Gasteiger partial charge >= 0.3 is 0 Å². The molecule has 5 heteroatoms. The number of halogens is 1. The van der Waals surface area contributed by atoms with Gasteiger partial charge in [-0.25, -0.2) is 0 Å². The maximum Gasteiger partial charge on any atom is 0.250 e. The van der Waals surface area contributed by atoms with Gasteiger partial charge in [0.1, 0.15) is 5.38 Å². The van der Waals surface area contributed by atoms with Crippen LogP contribution in [0.3, 0.4) is 0 Å². The highest BCUT2D eigenvalue weighted by Gasteiger charge is 2.36. The fourth-order valence-electron chi connectivity index (χ4n) is 3.33. The summed E-state index contributed by atoms with van der Waals surface area (Å²) >= 11 is 5.90. The molecule has 2 bridgehead atoms. The number of alkyl halides is 1. The van der Waals surface area contributed by atoms with Crippen molar-refractivity contribution in [3.8, 4) is 0 Å². The summed E-state index contributed by atoms with van der Waals surface area (Å²) in [6, 6.07) is 5.41. The second-order valence-corrected chi connectivity index (χ2v) is 6.21. The molecule has 1 unspecified atom stereocenters. The van der Waals surface area contributed by atoms with Crippen LogP contribution in [-0.4, -0.2) is 33.8 Å². The third-order valence-corrected chi connectivity index (χ3v) is 4.32. The molecule has 1 aromatic heterocycles. The number of hydrogen-bond acceptors (Lipinski definition) is 2. The van der Waals surface area contributed by atoms with Crippen LogP contribution in [0.1, 0.15) is 25.0 Å². The van der Waals surface area contributed by atoms with E-state index < -0.39 is 5.38 Å². The lowest BCUT2D eigenvalue weighted by Crippen LogP contribution is -2.50. The van der Waals surface area contributed by atoms with Crippen LogP contribution in [0.4, 0.5) is 0 Å². The van der Waals surface area contributed by atoms with Gasteiger partial charge in [0, 0.05) is 37.3 Å². The van der Waals surface area contributed by atoms with Crippen LogP contribution in [0.5, 0.6) is 0 Å². The summed E-state index contributed by atoms with van der Waals surface area (Å²) in [6.07, 6.45) is 1.06. The first-order valence-electron chi connectivity index (χ1n) is 6.69. The maximum absolute atomic E-state index is 12.0. The van der Waals surface area contributed by atoms with E-state index in [2.05, 4.69) is 0 Å². The molecule has 3 heterocycles. The Hall–Kier alpha value is -1.29. The summed E-state index contributed by atoms with van der Waals surface area (Å²) in [5.41, 5.74) is 1.13. The third-order valence-electron chi connectivity index (χ3n) is 4.13. The van der Waals surface area contributed by atoms with Gasteiger partial charge in [-0.1, -0.05) is 6.07 Å². The Morgan fingerprint density at radius 3 is 2.89 bits per heavy atom. The monoisotopic (exact) mass is 280 g/mol. The Bertz CT molecular complexity index is 567. The minimum atomic E-state index is -0.475. The summed E-state index contributed by atoms with van der Waals surface area (Å²) in [5.74, 6) is 0.634. The average Bonchev–Trinajstić information content (AvgIpc) is 2.39. The fraction of sp³-hybridized carbons (Fsp3) is 0.571. The first-order valence-corrected chi connectivity index (χ1v) is 7.12. The molecule has 19 heavy (non-hydrogen) atoms. The first kappa shape index (κ1) is 12.7. The summed E-state index contributed by atoms with van der Waals surface area (Å²) in [6.45, 7) is 3.82. The highest BCUT2D eigenvalue weighted by atomic mass is 35.5. The number of rotatable bonds is 1. The van der Waals surface area contributed by atoms with Crippen molar-refractivity contribution in [2.45, 2.75) is 31.2 Å². The maximum atomic E-state index is 12.0. The van der Waals surface area contributed by atoms with Gasteiger partial charge in [0.2, 0.25) is 5.91 Å². The summed E-state index contributed by atoms with van der Waals surface area (Å²) in [7, 11) is 0. The smallest absolute Gasteiger partial charge is 0.250 e. The second kappa shape index (κ2) is 4.67. The van der Waals surface area contributed by atoms with Gasteiger partial charge in [0.05, 0.1) is 0 Å². The highest BCUT2D eigenvalue weighted by molar-refractivity contribution is 6.30. The Labute approximate surface area is 117 Å². The van der Waals surface area contributed by atoms with Crippen molar-refractivity contribution in [3.63, 3.8) is 0 Å². The van der Waals surface area contributed by atoms with Crippen molar-refractivity contribution in [2.24, 2.45) is 5.92 Å². The van der Waals surface area contributed by atoms with E-state index in [1.165, 1.54) is 0 Å². The van der Waals surface area contributed by atoms with E-state index in [1.807, 2.05) is 15.5 Å². The molecule has 1 saturated heterocycles. The number of aromatic nitrogens is 1. The van der Waals surface area contributed by atoms with E-state index in [9.17, 15) is 9.59 Å². The first-order chi connectivity index (χ1) is 9.06. The van der Waals surface area contributed by atoms with Gasteiger partial charge in [0.25, 0.3) is 5.56 Å². The number of fused-ring (bicyclic) bond motifs is 4. The Morgan fingerprint density at radius 2 is 2.16 bits per heavy atom. The highest BCUT2D eigenvalue weighted by Crippen LogP contribution is 2.35. The zero-order chi connectivity index (χ0) is 13.6. The molecule has 0 spiro atoms. The molecule has 0 aliphatic carbocycles. The van der Waals surface area contributed by atoms with Gasteiger partial charge in [-0.2, -0.15) is 0 Å². The average molecular weight is 281 g/mol. The number of carbonyl (C=O) groups is 1. The van der Waals surface area contributed by atoms with E-state index in [0.717, 1.165) is 12.1 Å². The summed E-state index contributed by atoms with van der Waals surface area (Å²) in [5, 5.41) is -0.475. The van der Waals surface area contributed by atoms with Gasteiger partial charge in [-0.3, -0.25) is 9.59 Å². The van der Waals surface area contributed by atoms with E-state index in [1.54, 1.807) is 19.1 Å². The minimum absolute atomic E-state index is 0.00287. The van der Waals surface area contributed by atoms with E-state index >= 15 is 0 Å². The molecule has 0 saturated carbocycles. The molecule has 0 radical (unpaired) electrons. The molecule has 1 aromatic rings. The largest absolute Gasteiger partial charge is 0.340 e. The Balaban J connectivity index is 1.92. The van der Waals surface area contributed by atoms with Crippen molar-refractivity contribution in [3.05, 3.63) is 34.2 Å². The molecule has 1 fully saturated rings. The zero-order valence-electron chi connectivity index (χ0n) is 10.9. The molecule has 2 aliphatic rings. The van der Waals surface area contributed by atoms with Crippen LogP contribution >= 0.6 is 11.6 Å². The van der Waals surface area contributed by atoms with Crippen LogP contribution in [0.15, 0.2) is 23.0 Å². The lowest BCUT2D eigenvalue weighted by Gasteiger charge is -2.43. The van der Waals surface area contributed by atoms with Gasteiger partial charge in [-0.15, -0.1) is 11.6 Å². The molecular formula is C14H17ClN2O2. The summed E-state index contributed by atoms with van der Waals surface area (Å²) < 4.78 is 1.87. The Kier molecular flexibility index (Phi) is 3.13. The van der Waals surface area contributed by atoms with E-state index in [0.29, 0.717) is 25.6 Å². The minimum Gasteiger partial charge on any atom is -0.340 e. The van der Waals surface area contributed by atoms with Crippen molar-refractivity contribution in [1.29, 1.82) is 0 Å². The van der Waals surface area contributed by atoms with Gasteiger partial charge in [0.15, 0.2) is 0 Å². The molecule has 0 aromatic carbocycles. The van der Waals surface area contributed by atoms with Crippen molar-refractivity contribution < 1.29 is 4.79 Å². The van der Waals surface area contributed by atoms with Crippen LogP contribution < -0.4 is 5.56 Å². The van der Waals surface area contributed by atoms with Crippen LogP contribution in [0.25, 0.3) is 0 Å². The second-order valence-electron chi connectivity index (χ2n) is 5.56. The number of piperidine rings is 1. The number of nitrogens with zero attached hydrogens (tertiary/aromatic N) is 2. The molecule has 0 N–H and O–H groups in total. The molecular weight excluding hydrogens is 264 g/mol. The molecule has 3 rings (SSSR count). The van der Waals surface area contributed by atoms with Crippen molar-refractivity contribution in [1.82, 2.24) is 9.47 Å². The van der Waals surface area contributed by atoms with E-state index in [4.69, 9.17) is 11.6 Å². The topological polar surface area (TPSA) is 42.3 Å². The zero-order valence-corrected chi connectivity index (χ0v) is 11.6. The molecule has 3 atom stereocenters. The van der Waals surface area contributed by atoms with E-state index in [-0.39, 0.29) is 17.4 Å². The Morgan fingerprint density at radius 1 is 1.37 bits per heavy atom.